The summed E-state index contributed by atoms with van der Waals surface area (Å²) in [5.41, 5.74) is -0.176. The van der Waals surface area contributed by atoms with Gasteiger partial charge in [-0.25, -0.2) is 0 Å². The zero-order chi connectivity index (χ0) is 13.9. The molecule has 0 spiro atoms. The molecule has 1 N–H and O–H groups in total. The van der Waals surface area contributed by atoms with Gasteiger partial charge in [-0.15, -0.1) is 11.8 Å². The standard InChI is InChI=1S/C14H16N2O2S/c1-14(18)6-8-16(10-14)13(17)11-4-2-3-5-12(11)19-9-7-15/h2-5,18H,6,8-10H2,1H3. The van der Waals surface area contributed by atoms with Crippen LogP contribution < -0.4 is 0 Å². The smallest absolute Gasteiger partial charge is 0.255 e. The van der Waals surface area contributed by atoms with Crippen molar-refractivity contribution in [2.45, 2.75) is 23.8 Å². The van der Waals surface area contributed by atoms with Crippen LogP contribution in [-0.4, -0.2) is 40.4 Å². The Kier molecular flexibility index (Phi) is 4.13. The van der Waals surface area contributed by atoms with Gasteiger partial charge >= 0.3 is 0 Å². The summed E-state index contributed by atoms with van der Waals surface area (Å²) in [4.78, 5) is 14.9. The lowest BCUT2D eigenvalue weighted by atomic mass is 10.1. The van der Waals surface area contributed by atoms with E-state index in [9.17, 15) is 9.90 Å². The molecule has 1 saturated heterocycles. The van der Waals surface area contributed by atoms with Gasteiger partial charge in [-0.3, -0.25) is 4.79 Å². The number of aliphatic hydroxyl groups is 1. The zero-order valence-corrected chi connectivity index (χ0v) is 11.6. The van der Waals surface area contributed by atoms with Crippen molar-refractivity contribution in [3.63, 3.8) is 0 Å². The highest BCUT2D eigenvalue weighted by Crippen LogP contribution is 2.27. The van der Waals surface area contributed by atoms with Crippen LogP contribution in [0.25, 0.3) is 0 Å². The van der Waals surface area contributed by atoms with Crippen molar-refractivity contribution < 1.29 is 9.90 Å². The molecule has 0 saturated carbocycles. The fourth-order valence-corrected chi connectivity index (χ4v) is 2.87. The predicted molar refractivity (Wildman–Crippen MR) is 73.9 cm³/mol. The molecule has 4 nitrogen and oxygen atoms in total. The lowest BCUT2D eigenvalue weighted by Crippen LogP contribution is -2.34. The Morgan fingerprint density at radius 2 is 2.32 bits per heavy atom. The van der Waals surface area contributed by atoms with E-state index in [0.29, 0.717) is 30.8 Å². The fourth-order valence-electron chi connectivity index (χ4n) is 2.17. The maximum Gasteiger partial charge on any atom is 0.255 e. The van der Waals surface area contributed by atoms with Crippen molar-refractivity contribution in [2.24, 2.45) is 0 Å². The third-order valence-corrected chi connectivity index (χ3v) is 4.09. The second-order valence-electron chi connectivity index (χ2n) is 4.92. The minimum absolute atomic E-state index is 0.0705. The number of hydrogen-bond donors (Lipinski definition) is 1. The number of carbonyl (C=O) groups is 1. The van der Waals surface area contributed by atoms with Crippen LogP contribution in [0.15, 0.2) is 29.2 Å². The van der Waals surface area contributed by atoms with Crippen LogP contribution in [0.5, 0.6) is 0 Å². The number of likely N-dealkylation sites (tertiary alicyclic amines) is 1. The molecule has 5 heteroatoms. The normalized spacial score (nSPS) is 22.3. The van der Waals surface area contributed by atoms with E-state index in [1.165, 1.54) is 11.8 Å². The average Bonchev–Trinajstić information content (AvgIpc) is 2.76. The van der Waals surface area contributed by atoms with Crippen LogP contribution in [0.1, 0.15) is 23.7 Å². The van der Waals surface area contributed by atoms with Gasteiger partial charge in [0.1, 0.15) is 0 Å². The molecule has 0 bridgehead atoms. The molecule has 1 aromatic rings. The molecular weight excluding hydrogens is 260 g/mol. The van der Waals surface area contributed by atoms with Gasteiger partial charge in [-0.1, -0.05) is 12.1 Å². The van der Waals surface area contributed by atoms with Gasteiger partial charge in [-0.05, 0) is 25.5 Å². The van der Waals surface area contributed by atoms with Gasteiger partial charge in [0.15, 0.2) is 0 Å². The van der Waals surface area contributed by atoms with E-state index < -0.39 is 5.60 Å². The van der Waals surface area contributed by atoms with E-state index >= 15 is 0 Å². The molecule has 1 aliphatic heterocycles. The Bertz CT molecular complexity index is 522. The van der Waals surface area contributed by atoms with E-state index in [-0.39, 0.29) is 5.91 Å². The quantitative estimate of drug-likeness (QED) is 0.856. The molecule has 1 unspecified atom stereocenters. The van der Waals surface area contributed by atoms with E-state index in [1.807, 2.05) is 18.2 Å². The predicted octanol–water partition coefficient (Wildman–Crippen LogP) is 1.90. The Hall–Kier alpha value is -1.51. The van der Waals surface area contributed by atoms with Gasteiger partial charge in [-0.2, -0.15) is 5.26 Å². The number of β-amino-alcohol motifs (C(OH)–C–C–N with tert-alkyl or cyclic N) is 1. The summed E-state index contributed by atoms with van der Waals surface area (Å²) in [6, 6.07) is 9.36. The molecule has 1 aliphatic rings. The molecule has 0 aromatic heterocycles. The topological polar surface area (TPSA) is 64.3 Å². The summed E-state index contributed by atoms with van der Waals surface area (Å²) in [6.45, 7) is 2.68. The number of thioether (sulfide) groups is 1. The monoisotopic (exact) mass is 276 g/mol. The van der Waals surface area contributed by atoms with Crippen LogP contribution in [0.3, 0.4) is 0 Å². The van der Waals surface area contributed by atoms with E-state index in [0.717, 1.165) is 4.90 Å². The Balaban J connectivity index is 2.18. The highest BCUT2D eigenvalue weighted by Gasteiger charge is 2.34. The number of carbonyl (C=O) groups excluding carboxylic acids is 1. The highest BCUT2D eigenvalue weighted by atomic mass is 32.2. The Morgan fingerprint density at radius 3 is 2.95 bits per heavy atom. The van der Waals surface area contributed by atoms with Crippen molar-refractivity contribution in [3.05, 3.63) is 29.8 Å². The van der Waals surface area contributed by atoms with Gasteiger partial charge in [0, 0.05) is 18.0 Å². The van der Waals surface area contributed by atoms with E-state index in [4.69, 9.17) is 5.26 Å². The third-order valence-electron chi connectivity index (χ3n) is 3.15. The molecular formula is C14H16N2O2S. The second-order valence-corrected chi connectivity index (χ2v) is 5.93. The lowest BCUT2D eigenvalue weighted by Gasteiger charge is -2.20. The summed E-state index contributed by atoms with van der Waals surface area (Å²) in [5.74, 6) is 0.251. The van der Waals surface area contributed by atoms with Crippen molar-refractivity contribution >= 4 is 17.7 Å². The first-order valence-corrected chi connectivity index (χ1v) is 7.12. The van der Waals surface area contributed by atoms with Crippen LogP contribution in [0.4, 0.5) is 0 Å². The molecule has 19 heavy (non-hydrogen) atoms. The van der Waals surface area contributed by atoms with Crippen molar-refractivity contribution in [1.82, 2.24) is 4.90 Å². The molecule has 0 aliphatic carbocycles. The lowest BCUT2D eigenvalue weighted by molar-refractivity contribution is 0.0570. The number of rotatable bonds is 3. The van der Waals surface area contributed by atoms with Gasteiger partial charge < -0.3 is 10.0 Å². The molecule has 1 amide bonds. The van der Waals surface area contributed by atoms with E-state index in [2.05, 4.69) is 6.07 Å². The first-order chi connectivity index (χ1) is 9.03. The summed E-state index contributed by atoms with van der Waals surface area (Å²) in [7, 11) is 0. The first-order valence-electron chi connectivity index (χ1n) is 6.14. The number of hydrogen-bond acceptors (Lipinski definition) is 4. The highest BCUT2D eigenvalue weighted by molar-refractivity contribution is 7.99. The second kappa shape index (κ2) is 5.64. The van der Waals surface area contributed by atoms with Gasteiger partial charge in [0.2, 0.25) is 0 Å². The van der Waals surface area contributed by atoms with Crippen molar-refractivity contribution in [1.29, 1.82) is 5.26 Å². The Morgan fingerprint density at radius 1 is 1.58 bits per heavy atom. The molecule has 1 atom stereocenters. The minimum Gasteiger partial charge on any atom is -0.388 e. The maximum absolute atomic E-state index is 12.4. The molecule has 1 aromatic carbocycles. The van der Waals surface area contributed by atoms with Crippen molar-refractivity contribution in [3.8, 4) is 6.07 Å². The number of nitriles is 1. The minimum atomic E-state index is -0.787. The average molecular weight is 276 g/mol. The number of amides is 1. The van der Waals surface area contributed by atoms with Crippen molar-refractivity contribution in [2.75, 3.05) is 18.8 Å². The molecule has 2 rings (SSSR count). The Labute approximate surface area is 117 Å². The van der Waals surface area contributed by atoms with Crippen LogP contribution >= 0.6 is 11.8 Å². The summed E-state index contributed by atoms with van der Waals surface area (Å²) in [5, 5.41) is 18.6. The molecule has 1 fully saturated rings. The number of nitrogens with zero attached hydrogens (tertiary/aromatic N) is 2. The van der Waals surface area contributed by atoms with Gasteiger partial charge in [0.25, 0.3) is 5.91 Å². The summed E-state index contributed by atoms with van der Waals surface area (Å²) >= 11 is 1.36. The maximum atomic E-state index is 12.4. The van der Waals surface area contributed by atoms with Gasteiger partial charge in [0.05, 0.1) is 23.0 Å². The first kappa shape index (κ1) is 13.9. The van der Waals surface area contributed by atoms with Crippen LogP contribution in [0.2, 0.25) is 0 Å². The number of benzene rings is 1. The molecule has 0 radical (unpaired) electrons. The summed E-state index contributed by atoms with van der Waals surface area (Å²) in [6.07, 6.45) is 0.603. The largest absolute Gasteiger partial charge is 0.388 e. The molecule has 1 heterocycles. The summed E-state index contributed by atoms with van der Waals surface area (Å²) < 4.78 is 0. The fraction of sp³-hybridized carbons (Fsp3) is 0.429. The van der Waals surface area contributed by atoms with E-state index in [1.54, 1.807) is 17.9 Å². The SMILES string of the molecule is CC1(O)CCN(C(=O)c2ccccc2SCC#N)C1. The molecule has 100 valence electrons. The van der Waals surface area contributed by atoms with Crippen LogP contribution in [-0.2, 0) is 0 Å². The van der Waals surface area contributed by atoms with Crippen LogP contribution in [0, 0.1) is 11.3 Å². The zero-order valence-electron chi connectivity index (χ0n) is 10.8. The third kappa shape index (κ3) is 3.28.